The average Bonchev–Trinajstić information content (AvgIpc) is 2.73. The third-order valence-electron chi connectivity index (χ3n) is 4.42. The Balaban J connectivity index is 1.61. The van der Waals surface area contributed by atoms with Crippen LogP contribution >= 0.6 is 11.6 Å². The molecule has 3 aromatic carbocycles. The molecular formula is C23H22ClNO3. The van der Waals surface area contributed by atoms with Gasteiger partial charge in [0.15, 0.2) is 0 Å². The summed E-state index contributed by atoms with van der Waals surface area (Å²) >= 11 is 6.14. The van der Waals surface area contributed by atoms with E-state index in [1.54, 1.807) is 31.4 Å². The zero-order chi connectivity index (χ0) is 19.9. The summed E-state index contributed by atoms with van der Waals surface area (Å²) in [7, 11) is 1.62. The van der Waals surface area contributed by atoms with Gasteiger partial charge in [0.1, 0.15) is 18.1 Å². The van der Waals surface area contributed by atoms with Crippen LogP contribution in [0, 0.1) is 0 Å². The fourth-order valence-corrected chi connectivity index (χ4v) is 3.05. The second-order valence-electron chi connectivity index (χ2n) is 6.34. The van der Waals surface area contributed by atoms with E-state index in [0.717, 1.165) is 16.9 Å². The van der Waals surface area contributed by atoms with Crippen LogP contribution < -0.4 is 14.8 Å². The Morgan fingerprint density at radius 2 is 1.68 bits per heavy atom. The highest BCUT2D eigenvalue weighted by Gasteiger charge is 2.15. The molecule has 1 atom stereocenters. The monoisotopic (exact) mass is 395 g/mol. The molecule has 0 saturated carbocycles. The van der Waals surface area contributed by atoms with Gasteiger partial charge in [-0.2, -0.15) is 0 Å². The van der Waals surface area contributed by atoms with Crippen LogP contribution in [0.1, 0.15) is 34.5 Å². The molecular weight excluding hydrogens is 374 g/mol. The van der Waals surface area contributed by atoms with Crippen molar-refractivity contribution in [2.24, 2.45) is 0 Å². The van der Waals surface area contributed by atoms with Crippen LogP contribution in [0.15, 0.2) is 72.8 Å². The minimum atomic E-state index is -0.181. The number of rotatable bonds is 7. The van der Waals surface area contributed by atoms with Crippen molar-refractivity contribution >= 4 is 17.5 Å². The number of nitrogens with one attached hydrogen (secondary N) is 1. The van der Waals surface area contributed by atoms with Crippen molar-refractivity contribution in [1.29, 1.82) is 0 Å². The van der Waals surface area contributed by atoms with Crippen LogP contribution in [0.5, 0.6) is 11.5 Å². The molecule has 0 spiro atoms. The number of amides is 1. The Kier molecular flexibility index (Phi) is 6.56. The van der Waals surface area contributed by atoms with Crippen LogP contribution in [0.4, 0.5) is 0 Å². The standard InChI is InChI=1S/C23H22ClNO3/c1-16(20-8-4-6-10-22(20)27-2)25-23(26)17-11-13-19(14-12-17)28-15-18-7-3-5-9-21(18)24/h3-14,16H,15H2,1-2H3,(H,25,26)/t16-/m0/s1. The molecule has 0 aliphatic carbocycles. The van der Waals surface area contributed by atoms with E-state index in [1.165, 1.54) is 0 Å². The second-order valence-corrected chi connectivity index (χ2v) is 6.75. The summed E-state index contributed by atoms with van der Waals surface area (Å²) in [6, 6.07) is 22.0. The van der Waals surface area contributed by atoms with Crippen LogP contribution in [-0.4, -0.2) is 13.0 Å². The lowest BCUT2D eigenvalue weighted by Crippen LogP contribution is -2.26. The summed E-state index contributed by atoms with van der Waals surface area (Å²) in [5.41, 5.74) is 2.40. The fraction of sp³-hybridized carbons (Fsp3) is 0.174. The SMILES string of the molecule is COc1ccccc1[C@H](C)NC(=O)c1ccc(OCc2ccccc2Cl)cc1. The van der Waals surface area contributed by atoms with Gasteiger partial charge >= 0.3 is 0 Å². The highest BCUT2D eigenvalue weighted by Crippen LogP contribution is 2.25. The fourth-order valence-electron chi connectivity index (χ4n) is 2.86. The molecule has 28 heavy (non-hydrogen) atoms. The molecule has 0 unspecified atom stereocenters. The van der Waals surface area contributed by atoms with Crippen molar-refractivity contribution in [1.82, 2.24) is 5.32 Å². The van der Waals surface area contributed by atoms with E-state index in [9.17, 15) is 4.79 Å². The molecule has 0 radical (unpaired) electrons. The first-order chi connectivity index (χ1) is 13.6. The van der Waals surface area contributed by atoms with Crippen molar-refractivity contribution < 1.29 is 14.3 Å². The molecule has 144 valence electrons. The topological polar surface area (TPSA) is 47.6 Å². The molecule has 0 bridgehead atoms. The maximum Gasteiger partial charge on any atom is 0.251 e. The van der Waals surface area contributed by atoms with E-state index in [0.29, 0.717) is 22.9 Å². The Morgan fingerprint density at radius 1 is 1.00 bits per heavy atom. The Labute approximate surface area is 170 Å². The average molecular weight is 396 g/mol. The molecule has 0 saturated heterocycles. The van der Waals surface area contributed by atoms with E-state index >= 15 is 0 Å². The Morgan fingerprint density at radius 3 is 2.39 bits per heavy atom. The van der Waals surface area contributed by atoms with Crippen molar-refractivity contribution in [3.63, 3.8) is 0 Å². The molecule has 0 fully saturated rings. The van der Waals surface area contributed by atoms with Crippen LogP contribution in [0.2, 0.25) is 5.02 Å². The summed E-state index contributed by atoms with van der Waals surface area (Å²) in [5.74, 6) is 1.27. The number of ether oxygens (including phenoxy) is 2. The zero-order valence-electron chi connectivity index (χ0n) is 15.8. The maximum absolute atomic E-state index is 12.6. The highest BCUT2D eigenvalue weighted by molar-refractivity contribution is 6.31. The van der Waals surface area contributed by atoms with Crippen LogP contribution in [0.25, 0.3) is 0 Å². The van der Waals surface area contributed by atoms with Gasteiger partial charge in [-0.05, 0) is 43.3 Å². The second kappa shape index (κ2) is 9.29. The van der Waals surface area contributed by atoms with Gasteiger partial charge in [-0.1, -0.05) is 48.0 Å². The van der Waals surface area contributed by atoms with E-state index in [2.05, 4.69) is 5.32 Å². The first-order valence-electron chi connectivity index (χ1n) is 8.98. The maximum atomic E-state index is 12.6. The first kappa shape index (κ1) is 19.8. The zero-order valence-corrected chi connectivity index (χ0v) is 16.6. The molecule has 0 aliphatic heterocycles. The molecule has 0 aromatic heterocycles. The van der Waals surface area contributed by atoms with E-state index < -0.39 is 0 Å². The number of benzene rings is 3. The summed E-state index contributed by atoms with van der Waals surface area (Å²) in [6.07, 6.45) is 0. The summed E-state index contributed by atoms with van der Waals surface area (Å²) in [4.78, 5) is 12.6. The van der Waals surface area contributed by atoms with Crippen molar-refractivity contribution in [3.8, 4) is 11.5 Å². The molecule has 0 aliphatic rings. The predicted octanol–water partition coefficient (Wildman–Crippen LogP) is 5.42. The lowest BCUT2D eigenvalue weighted by atomic mass is 10.1. The highest BCUT2D eigenvalue weighted by atomic mass is 35.5. The Bertz CT molecular complexity index is 941. The van der Waals surface area contributed by atoms with Crippen LogP contribution in [0.3, 0.4) is 0 Å². The third-order valence-corrected chi connectivity index (χ3v) is 4.79. The van der Waals surface area contributed by atoms with Crippen molar-refractivity contribution in [2.45, 2.75) is 19.6 Å². The molecule has 3 rings (SSSR count). The number of carbonyl (C=O) groups excluding carboxylic acids is 1. The van der Waals surface area contributed by atoms with Crippen molar-refractivity contribution in [3.05, 3.63) is 94.5 Å². The normalized spacial score (nSPS) is 11.5. The molecule has 1 amide bonds. The predicted molar refractivity (Wildman–Crippen MR) is 111 cm³/mol. The third kappa shape index (κ3) is 4.84. The number of carbonyl (C=O) groups is 1. The van der Waals surface area contributed by atoms with Gasteiger partial charge in [0.05, 0.1) is 13.2 Å². The molecule has 4 nitrogen and oxygen atoms in total. The molecule has 1 N–H and O–H groups in total. The van der Waals surface area contributed by atoms with Gasteiger partial charge in [-0.3, -0.25) is 4.79 Å². The summed E-state index contributed by atoms with van der Waals surface area (Å²) < 4.78 is 11.1. The van der Waals surface area contributed by atoms with Gasteiger partial charge in [0.2, 0.25) is 0 Å². The number of hydrogen-bond donors (Lipinski definition) is 1. The summed E-state index contributed by atoms with van der Waals surface area (Å²) in [6.45, 7) is 2.30. The van der Waals surface area contributed by atoms with E-state index in [4.69, 9.17) is 21.1 Å². The number of methoxy groups -OCH3 is 1. The number of para-hydroxylation sites is 1. The van der Waals surface area contributed by atoms with E-state index in [1.807, 2.05) is 55.5 Å². The van der Waals surface area contributed by atoms with Gasteiger partial charge in [0.25, 0.3) is 5.91 Å². The molecule has 3 aromatic rings. The van der Waals surface area contributed by atoms with Gasteiger partial charge in [-0.15, -0.1) is 0 Å². The Hall–Kier alpha value is -2.98. The smallest absolute Gasteiger partial charge is 0.251 e. The molecule has 0 heterocycles. The largest absolute Gasteiger partial charge is 0.496 e. The first-order valence-corrected chi connectivity index (χ1v) is 9.36. The number of hydrogen-bond acceptors (Lipinski definition) is 3. The summed E-state index contributed by atoms with van der Waals surface area (Å²) in [5, 5.41) is 3.66. The quantitative estimate of drug-likeness (QED) is 0.581. The lowest BCUT2D eigenvalue weighted by Gasteiger charge is -2.17. The van der Waals surface area contributed by atoms with Crippen molar-refractivity contribution in [2.75, 3.05) is 7.11 Å². The minimum Gasteiger partial charge on any atom is -0.496 e. The molecule has 5 heteroatoms. The lowest BCUT2D eigenvalue weighted by molar-refractivity contribution is 0.0939. The van der Waals surface area contributed by atoms with Gasteiger partial charge in [0, 0.05) is 21.7 Å². The van der Waals surface area contributed by atoms with Gasteiger partial charge < -0.3 is 14.8 Å². The van der Waals surface area contributed by atoms with Gasteiger partial charge in [-0.25, -0.2) is 0 Å². The van der Waals surface area contributed by atoms with Crippen LogP contribution in [-0.2, 0) is 6.61 Å². The number of halogens is 1. The minimum absolute atomic E-state index is 0.156. The van der Waals surface area contributed by atoms with E-state index in [-0.39, 0.29) is 11.9 Å².